The van der Waals surface area contributed by atoms with Gasteiger partial charge in [-0.3, -0.25) is 9.59 Å². The topological polar surface area (TPSA) is 101 Å². The molecule has 1 unspecified atom stereocenters. The predicted molar refractivity (Wildman–Crippen MR) is 125 cm³/mol. The maximum Gasteiger partial charge on any atom is 0.264 e. The van der Waals surface area contributed by atoms with Crippen LogP contribution in [0.25, 0.3) is 10.2 Å². The number of fused-ring (bicyclic) bond motifs is 1. The number of oxazole rings is 1. The second-order valence-electron chi connectivity index (χ2n) is 8.25. The van der Waals surface area contributed by atoms with Crippen LogP contribution in [0.15, 0.2) is 46.0 Å². The molecule has 170 valence electrons. The van der Waals surface area contributed by atoms with Crippen LogP contribution in [0.3, 0.4) is 0 Å². The molecular formula is C24H24N4O4S. The number of aromatic nitrogens is 3. The Labute approximate surface area is 194 Å². The van der Waals surface area contributed by atoms with Crippen molar-refractivity contribution in [1.29, 1.82) is 0 Å². The van der Waals surface area contributed by atoms with Crippen molar-refractivity contribution in [2.45, 2.75) is 32.1 Å². The summed E-state index contributed by atoms with van der Waals surface area (Å²) in [6.45, 7) is 3.02. The van der Waals surface area contributed by atoms with Crippen LogP contribution in [-0.4, -0.2) is 46.0 Å². The third kappa shape index (κ3) is 4.16. The lowest BCUT2D eigenvalue weighted by atomic mass is 9.97. The van der Waals surface area contributed by atoms with Crippen molar-refractivity contribution < 1.29 is 13.9 Å². The predicted octanol–water partition coefficient (Wildman–Crippen LogP) is 3.90. The minimum Gasteiger partial charge on any atom is -0.497 e. The number of likely N-dealkylation sites (tertiary alicyclic amines) is 1. The van der Waals surface area contributed by atoms with E-state index in [0.717, 1.165) is 29.9 Å². The van der Waals surface area contributed by atoms with E-state index in [1.54, 1.807) is 13.3 Å². The van der Waals surface area contributed by atoms with Gasteiger partial charge in [0.05, 0.1) is 35.8 Å². The van der Waals surface area contributed by atoms with Gasteiger partial charge in [-0.2, -0.15) is 0 Å². The molecule has 1 fully saturated rings. The number of carbonyl (C=O) groups is 1. The Bertz CT molecular complexity index is 1370. The van der Waals surface area contributed by atoms with Gasteiger partial charge in [-0.25, -0.2) is 9.97 Å². The lowest BCUT2D eigenvalue weighted by Crippen LogP contribution is -2.39. The van der Waals surface area contributed by atoms with Gasteiger partial charge in [0.15, 0.2) is 5.89 Å². The van der Waals surface area contributed by atoms with Gasteiger partial charge in [0.1, 0.15) is 16.3 Å². The first-order valence-corrected chi connectivity index (χ1v) is 11.7. The van der Waals surface area contributed by atoms with Crippen LogP contribution >= 0.6 is 11.3 Å². The molecular weight excluding hydrogens is 440 g/mol. The first-order chi connectivity index (χ1) is 16.0. The Morgan fingerprint density at radius 2 is 2.24 bits per heavy atom. The molecule has 4 heterocycles. The maximum absolute atomic E-state index is 13.3. The summed E-state index contributed by atoms with van der Waals surface area (Å²) in [5.74, 6) is 2.23. The molecule has 1 saturated heterocycles. The Kier molecular flexibility index (Phi) is 5.72. The van der Waals surface area contributed by atoms with Gasteiger partial charge in [-0.1, -0.05) is 12.1 Å². The summed E-state index contributed by atoms with van der Waals surface area (Å²) in [4.78, 5) is 39.8. The number of carbonyl (C=O) groups excluding carboxylic acids is 1. The standard InChI is InChI=1S/C24H24N4O4S/c1-14-19-21(29)26-13-27-23(19)33-20(14)24(30)28-8-4-6-16(12-28)22-25-11-18(32-22)10-15-5-3-7-17(9-15)31-2/h3,5,7,9,11,13,16H,4,6,8,10,12H2,1-2H3,(H,26,27,29). The summed E-state index contributed by atoms with van der Waals surface area (Å²) in [6, 6.07) is 7.87. The lowest BCUT2D eigenvalue weighted by Gasteiger charge is -2.31. The van der Waals surface area contributed by atoms with Crippen molar-refractivity contribution in [3.8, 4) is 5.75 Å². The molecule has 3 aromatic heterocycles. The number of aromatic amines is 1. The zero-order valence-electron chi connectivity index (χ0n) is 18.5. The summed E-state index contributed by atoms with van der Waals surface area (Å²) in [6.07, 6.45) is 5.55. The zero-order chi connectivity index (χ0) is 22.9. The van der Waals surface area contributed by atoms with E-state index in [2.05, 4.69) is 15.0 Å². The average Bonchev–Trinajstić information content (AvgIpc) is 3.44. The number of hydrogen-bond acceptors (Lipinski definition) is 7. The number of methoxy groups -OCH3 is 1. The minimum atomic E-state index is -0.215. The third-order valence-corrected chi connectivity index (χ3v) is 7.26. The molecule has 1 amide bonds. The number of nitrogens with one attached hydrogen (secondary N) is 1. The number of piperidine rings is 1. The number of amides is 1. The number of nitrogens with zero attached hydrogens (tertiary/aromatic N) is 3. The van der Waals surface area contributed by atoms with E-state index >= 15 is 0 Å². The quantitative estimate of drug-likeness (QED) is 0.481. The van der Waals surface area contributed by atoms with Crippen LogP contribution in [0.1, 0.15) is 51.2 Å². The van der Waals surface area contributed by atoms with Crippen LogP contribution in [0.2, 0.25) is 0 Å². The van der Waals surface area contributed by atoms with Gasteiger partial charge >= 0.3 is 0 Å². The van der Waals surface area contributed by atoms with E-state index in [1.165, 1.54) is 17.7 Å². The van der Waals surface area contributed by atoms with E-state index in [1.807, 2.05) is 36.1 Å². The van der Waals surface area contributed by atoms with Crippen molar-refractivity contribution in [3.05, 3.63) is 74.8 Å². The van der Waals surface area contributed by atoms with Gasteiger partial charge in [0, 0.05) is 19.5 Å². The van der Waals surface area contributed by atoms with Crippen LogP contribution in [0.4, 0.5) is 0 Å². The van der Waals surface area contributed by atoms with Crippen LogP contribution in [0.5, 0.6) is 5.75 Å². The van der Waals surface area contributed by atoms with Crippen molar-refractivity contribution in [2.75, 3.05) is 20.2 Å². The first kappa shape index (κ1) is 21.4. The highest BCUT2D eigenvalue weighted by atomic mass is 32.1. The highest BCUT2D eigenvalue weighted by molar-refractivity contribution is 7.20. The van der Waals surface area contributed by atoms with Crippen LogP contribution in [0, 0.1) is 6.92 Å². The van der Waals surface area contributed by atoms with E-state index in [9.17, 15) is 9.59 Å². The Morgan fingerprint density at radius 3 is 3.06 bits per heavy atom. The minimum absolute atomic E-state index is 0.0398. The molecule has 1 N–H and O–H groups in total. The molecule has 0 spiro atoms. The number of rotatable bonds is 5. The van der Waals surface area contributed by atoms with Crippen molar-refractivity contribution in [2.24, 2.45) is 0 Å². The summed E-state index contributed by atoms with van der Waals surface area (Å²) < 4.78 is 11.4. The van der Waals surface area contributed by atoms with Gasteiger partial charge in [-0.05, 0) is 43.0 Å². The van der Waals surface area contributed by atoms with E-state index in [-0.39, 0.29) is 17.4 Å². The molecule has 4 aromatic rings. The normalized spacial score (nSPS) is 16.3. The average molecular weight is 465 g/mol. The molecule has 33 heavy (non-hydrogen) atoms. The number of H-pyrrole nitrogens is 1. The Balaban J connectivity index is 1.32. The second-order valence-corrected chi connectivity index (χ2v) is 9.25. The Morgan fingerprint density at radius 1 is 1.36 bits per heavy atom. The van der Waals surface area contributed by atoms with Crippen LogP contribution < -0.4 is 10.3 Å². The summed E-state index contributed by atoms with van der Waals surface area (Å²) in [5, 5.41) is 0.495. The molecule has 0 radical (unpaired) electrons. The fourth-order valence-corrected chi connectivity index (χ4v) is 5.48. The molecule has 1 atom stereocenters. The Hall–Kier alpha value is -3.46. The molecule has 0 aliphatic carbocycles. The smallest absolute Gasteiger partial charge is 0.264 e. The number of aryl methyl sites for hydroxylation is 1. The van der Waals surface area contributed by atoms with Gasteiger partial charge < -0.3 is 19.0 Å². The number of ether oxygens (including phenoxy) is 1. The molecule has 1 aliphatic rings. The molecule has 1 aliphatic heterocycles. The highest BCUT2D eigenvalue weighted by Crippen LogP contribution is 2.32. The van der Waals surface area contributed by atoms with Gasteiger partial charge in [0.25, 0.3) is 11.5 Å². The second kappa shape index (κ2) is 8.82. The number of benzene rings is 1. The molecule has 5 rings (SSSR count). The summed E-state index contributed by atoms with van der Waals surface area (Å²) in [7, 11) is 1.65. The first-order valence-electron chi connectivity index (χ1n) is 10.9. The van der Waals surface area contributed by atoms with Crippen molar-refractivity contribution >= 4 is 27.5 Å². The molecule has 1 aromatic carbocycles. The largest absolute Gasteiger partial charge is 0.497 e. The number of thiophene rings is 1. The molecule has 0 bridgehead atoms. The maximum atomic E-state index is 13.3. The summed E-state index contributed by atoms with van der Waals surface area (Å²) in [5.41, 5.74) is 1.56. The van der Waals surface area contributed by atoms with E-state index < -0.39 is 0 Å². The summed E-state index contributed by atoms with van der Waals surface area (Å²) >= 11 is 1.27. The molecule has 0 saturated carbocycles. The zero-order valence-corrected chi connectivity index (χ0v) is 19.3. The van der Waals surface area contributed by atoms with Gasteiger partial charge in [-0.15, -0.1) is 11.3 Å². The number of hydrogen-bond donors (Lipinski definition) is 1. The van der Waals surface area contributed by atoms with Crippen molar-refractivity contribution in [3.63, 3.8) is 0 Å². The van der Waals surface area contributed by atoms with Crippen LogP contribution in [-0.2, 0) is 6.42 Å². The fourth-order valence-electron chi connectivity index (χ4n) is 4.37. The fraction of sp³-hybridized carbons (Fsp3) is 0.333. The van der Waals surface area contributed by atoms with Crippen molar-refractivity contribution in [1.82, 2.24) is 19.9 Å². The third-order valence-electron chi connectivity index (χ3n) is 6.07. The lowest BCUT2D eigenvalue weighted by molar-refractivity contribution is 0.0702. The van der Waals surface area contributed by atoms with Gasteiger partial charge in [0.2, 0.25) is 0 Å². The van der Waals surface area contributed by atoms with E-state index in [4.69, 9.17) is 9.15 Å². The van der Waals surface area contributed by atoms with E-state index in [0.29, 0.717) is 46.1 Å². The SMILES string of the molecule is COc1cccc(Cc2cnc(C3CCCN(C(=O)c4sc5nc[nH]c(=O)c5c4C)C3)o2)c1. The monoisotopic (exact) mass is 464 g/mol. The molecule has 8 nitrogen and oxygen atoms in total. The molecule has 9 heteroatoms. The highest BCUT2D eigenvalue weighted by Gasteiger charge is 2.30.